The van der Waals surface area contributed by atoms with Crippen LogP contribution in [0.5, 0.6) is 0 Å². The van der Waals surface area contributed by atoms with Gasteiger partial charge in [0.1, 0.15) is 16.5 Å². The smallest absolute Gasteiger partial charge is 0.263 e. The van der Waals surface area contributed by atoms with E-state index >= 15 is 0 Å². The van der Waals surface area contributed by atoms with E-state index in [2.05, 4.69) is 31.0 Å². The second-order valence-electron chi connectivity index (χ2n) is 3.98. The fourth-order valence-corrected chi connectivity index (χ4v) is 3.22. The third kappa shape index (κ3) is 3.63. The van der Waals surface area contributed by atoms with Gasteiger partial charge >= 0.3 is 0 Å². The van der Waals surface area contributed by atoms with Crippen LogP contribution in [0.1, 0.15) is 0 Å². The van der Waals surface area contributed by atoms with Gasteiger partial charge in [-0.05, 0) is 24.3 Å². The number of aromatic nitrogens is 1. The highest BCUT2D eigenvalue weighted by molar-refractivity contribution is 9.10. The maximum Gasteiger partial charge on any atom is 0.263 e. The Morgan fingerprint density at radius 1 is 1.33 bits per heavy atom. The number of nitrogens with zero attached hydrogens (tertiary/aromatic N) is 1. The van der Waals surface area contributed by atoms with Crippen LogP contribution in [0, 0.1) is 5.82 Å². The summed E-state index contributed by atoms with van der Waals surface area (Å²) in [4.78, 5) is 3.72. The number of hydrogen-bond acceptors (Lipinski definition) is 4. The van der Waals surface area contributed by atoms with E-state index in [0.29, 0.717) is 10.3 Å². The zero-order valence-corrected chi connectivity index (χ0v) is 13.9. The van der Waals surface area contributed by atoms with E-state index in [4.69, 9.17) is 11.6 Å². The molecule has 0 atom stereocenters. The summed E-state index contributed by atoms with van der Waals surface area (Å²) in [6.45, 7) is 0. The van der Waals surface area contributed by atoms with E-state index in [1.165, 1.54) is 18.2 Å². The number of halogens is 3. The second kappa shape index (κ2) is 6.17. The molecule has 0 unspecified atom stereocenters. The van der Waals surface area contributed by atoms with Gasteiger partial charge in [-0.25, -0.2) is 17.8 Å². The van der Waals surface area contributed by atoms with Crippen molar-refractivity contribution in [2.45, 2.75) is 4.90 Å². The first kappa shape index (κ1) is 16.0. The lowest BCUT2D eigenvalue weighted by atomic mass is 10.3. The zero-order chi connectivity index (χ0) is 15.6. The molecule has 0 aliphatic heterocycles. The van der Waals surface area contributed by atoms with Gasteiger partial charge in [-0.2, -0.15) is 0 Å². The van der Waals surface area contributed by atoms with Crippen LogP contribution < -0.4 is 10.0 Å². The van der Waals surface area contributed by atoms with Crippen molar-refractivity contribution in [1.29, 1.82) is 0 Å². The summed E-state index contributed by atoms with van der Waals surface area (Å²) in [7, 11) is -2.37. The molecule has 0 fully saturated rings. The van der Waals surface area contributed by atoms with E-state index in [1.54, 1.807) is 7.05 Å². The van der Waals surface area contributed by atoms with Gasteiger partial charge < -0.3 is 5.32 Å². The molecule has 1 heterocycles. The van der Waals surface area contributed by atoms with E-state index < -0.39 is 15.8 Å². The molecule has 5 nitrogen and oxygen atoms in total. The van der Waals surface area contributed by atoms with Crippen molar-refractivity contribution in [1.82, 2.24) is 4.98 Å². The fourth-order valence-electron chi connectivity index (χ4n) is 1.53. The lowest BCUT2D eigenvalue weighted by Crippen LogP contribution is -2.14. The van der Waals surface area contributed by atoms with Gasteiger partial charge in [0.2, 0.25) is 0 Å². The molecule has 0 amide bonds. The van der Waals surface area contributed by atoms with E-state index in [9.17, 15) is 12.8 Å². The summed E-state index contributed by atoms with van der Waals surface area (Å²) in [5.74, 6) is -0.343. The molecule has 0 bridgehead atoms. The average Bonchev–Trinajstić information content (AvgIpc) is 2.42. The van der Waals surface area contributed by atoms with Gasteiger partial charge in [0.25, 0.3) is 10.0 Å². The van der Waals surface area contributed by atoms with Crippen molar-refractivity contribution in [3.8, 4) is 0 Å². The van der Waals surface area contributed by atoms with Gasteiger partial charge in [-0.15, -0.1) is 0 Å². The maximum absolute atomic E-state index is 13.7. The van der Waals surface area contributed by atoms with Crippen LogP contribution in [0.25, 0.3) is 0 Å². The highest BCUT2D eigenvalue weighted by atomic mass is 79.9. The van der Waals surface area contributed by atoms with Gasteiger partial charge in [-0.3, -0.25) is 4.72 Å². The molecule has 112 valence electrons. The molecule has 0 aliphatic rings. The predicted octanol–water partition coefficient (Wildman–Crippen LogP) is 3.48. The highest BCUT2D eigenvalue weighted by Crippen LogP contribution is 2.25. The minimum atomic E-state index is -3.98. The topological polar surface area (TPSA) is 71.1 Å². The lowest BCUT2D eigenvalue weighted by Gasteiger charge is -2.10. The van der Waals surface area contributed by atoms with Crippen LogP contribution in [0.15, 0.2) is 39.8 Å². The van der Waals surface area contributed by atoms with Crippen molar-refractivity contribution >= 4 is 49.1 Å². The Labute approximate surface area is 134 Å². The minimum absolute atomic E-state index is 0.150. The molecule has 9 heteroatoms. The Morgan fingerprint density at radius 2 is 2.05 bits per heavy atom. The number of benzene rings is 1. The summed E-state index contributed by atoms with van der Waals surface area (Å²) in [6, 6.07) is 5.23. The van der Waals surface area contributed by atoms with Crippen LogP contribution in [0.2, 0.25) is 5.02 Å². The molecule has 2 rings (SSSR count). The number of hydrogen-bond donors (Lipinski definition) is 2. The summed E-state index contributed by atoms with van der Waals surface area (Å²) in [6.07, 6.45) is 1.14. The molecule has 2 aromatic rings. The Hall–Kier alpha value is -1.38. The Kier molecular flexibility index (Phi) is 4.70. The highest BCUT2D eigenvalue weighted by Gasteiger charge is 2.18. The predicted molar refractivity (Wildman–Crippen MR) is 83.7 cm³/mol. The Morgan fingerprint density at radius 3 is 2.62 bits per heavy atom. The molecule has 21 heavy (non-hydrogen) atoms. The first-order valence-corrected chi connectivity index (χ1v) is 8.30. The molecule has 2 N–H and O–H groups in total. The van der Waals surface area contributed by atoms with Gasteiger partial charge in [0.15, 0.2) is 0 Å². The van der Waals surface area contributed by atoms with Crippen LogP contribution in [-0.2, 0) is 10.0 Å². The Balaban J connectivity index is 2.36. The average molecular weight is 395 g/mol. The van der Waals surface area contributed by atoms with Crippen LogP contribution >= 0.6 is 27.5 Å². The number of rotatable bonds is 4. The standard InChI is InChI=1S/C12H10BrClFN3O2S/c1-16-12-9(14)5-8(6-17-12)21(19,20)18-11-3-2-7(13)4-10(11)15/h2-6,18H,1H3,(H,16,17). The maximum atomic E-state index is 13.7. The first-order chi connectivity index (χ1) is 9.83. The van der Waals surface area contributed by atoms with Crippen molar-refractivity contribution in [3.63, 3.8) is 0 Å². The lowest BCUT2D eigenvalue weighted by molar-refractivity contribution is 0.598. The summed E-state index contributed by atoms with van der Waals surface area (Å²) in [5.41, 5.74) is -0.160. The summed E-state index contributed by atoms with van der Waals surface area (Å²) >= 11 is 8.99. The summed E-state index contributed by atoms with van der Waals surface area (Å²) < 4.78 is 40.7. The fraction of sp³-hybridized carbons (Fsp3) is 0.0833. The molecular formula is C12H10BrClFN3O2S. The molecule has 0 aliphatic carbocycles. The normalized spacial score (nSPS) is 11.2. The SMILES string of the molecule is CNc1ncc(S(=O)(=O)Nc2ccc(Br)cc2F)cc1Cl. The number of anilines is 2. The number of pyridine rings is 1. The molecule has 0 saturated carbocycles. The second-order valence-corrected chi connectivity index (χ2v) is 6.99. The molecule has 0 radical (unpaired) electrons. The van der Waals surface area contributed by atoms with Crippen molar-refractivity contribution < 1.29 is 12.8 Å². The van der Waals surface area contributed by atoms with Gasteiger partial charge in [-0.1, -0.05) is 27.5 Å². The van der Waals surface area contributed by atoms with Crippen LogP contribution in [0.3, 0.4) is 0 Å². The zero-order valence-electron chi connectivity index (χ0n) is 10.7. The number of sulfonamides is 1. The largest absolute Gasteiger partial charge is 0.372 e. The van der Waals surface area contributed by atoms with Crippen molar-refractivity contribution in [2.24, 2.45) is 0 Å². The third-order valence-electron chi connectivity index (χ3n) is 2.54. The summed E-state index contributed by atoms with van der Waals surface area (Å²) in [5, 5.41) is 2.87. The first-order valence-electron chi connectivity index (χ1n) is 5.64. The van der Waals surface area contributed by atoms with Gasteiger partial charge in [0.05, 0.1) is 10.7 Å². The quantitative estimate of drug-likeness (QED) is 0.833. The van der Waals surface area contributed by atoms with Gasteiger partial charge in [0, 0.05) is 17.7 Å². The number of nitrogens with one attached hydrogen (secondary N) is 2. The van der Waals surface area contributed by atoms with E-state index in [-0.39, 0.29) is 15.6 Å². The molecule has 1 aromatic carbocycles. The van der Waals surface area contributed by atoms with Crippen LogP contribution in [-0.4, -0.2) is 20.4 Å². The van der Waals surface area contributed by atoms with Crippen molar-refractivity contribution in [3.05, 3.63) is 45.8 Å². The Bertz CT molecular complexity index is 786. The molecule has 1 aromatic heterocycles. The monoisotopic (exact) mass is 393 g/mol. The molecular weight excluding hydrogens is 385 g/mol. The van der Waals surface area contributed by atoms with E-state index in [1.807, 2.05) is 0 Å². The minimum Gasteiger partial charge on any atom is -0.372 e. The third-order valence-corrected chi connectivity index (χ3v) is 4.65. The molecule has 0 spiro atoms. The van der Waals surface area contributed by atoms with Crippen LogP contribution in [0.4, 0.5) is 15.9 Å². The molecule has 0 saturated heterocycles. The van der Waals surface area contributed by atoms with E-state index in [0.717, 1.165) is 12.3 Å². The van der Waals surface area contributed by atoms with Crippen molar-refractivity contribution in [2.75, 3.05) is 17.1 Å².